The van der Waals surface area contributed by atoms with Crippen molar-refractivity contribution in [2.24, 2.45) is 0 Å². The summed E-state index contributed by atoms with van der Waals surface area (Å²) in [5, 5.41) is 17.1. The molecule has 1 saturated heterocycles. The molecule has 24 heavy (non-hydrogen) atoms. The Bertz CT molecular complexity index is 600. The number of benzene rings is 1. The fraction of sp³-hybridized carbons (Fsp3) is 0.588. The van der Waals surface area contributed by atoms with Gasteiger partial charge in [0, 0.05) is 17.6 Å². The van der Waals surface area contributed by atoms with E-state index in [0.29, 0.717) is 48.1 Å². The zero-order valence-corrected chi connectivity index (χ0v) is 14.3. The van der Waals surface area contributed by atoms with Gasteiger partial charge in [-0.2, -0.15) is 0 Å². The number of carbonyl (C=O) groups is 1. The fourth-order valence-corrected chi connectivity index (χ4v) is 3.25. The molecule has 132 valence electrons. The largest absolute Gasteiger partial charge is 0.486 e. The normalized spacial score (nSPS) is 23.4. The molecule has 1 unspecified atom stereocenters. The van der Waals surface area contributed by atoms with Crippen molar-refractivity contribution in [3.05, 3.63) is 22.7 Å². The van der Waals surface area contributed by atoms with E-state index in [0.717, 1.165) is 19.5 Å². The highest BCUT2D eigenvalue weighted by atomic mass is 35.5. The maximum Gasteiger partial charge on any atom is 0.224 e. The highest BCUT2D eigenvalue weighted by molar-refractivity contribution is 6.31. The molecule has 2 aliphatic rings. The second-order valence-corrected chi connectivity index (χ2v) is 6.78. The number of fused-ring (bicyclic) bond motifs is 1. The van der Waals surface area contributed by atoms with Crippen LogP contribution in [0.15, 0.2) is 12.1 Å². The molecular formula is C17H23ClN2O4. The van der Waals surface area contributed by atoms with Crippen LogP contribution in [0.25, 0.3) is 0 Å². The van der Waals surface area contributed by atoms with Crippen molar-refractivity contribution < 1.29 is 19.4 Å². The van der Waals surface area contributed by atoms with Crippen LogP contribution in [0.1, 0.15) is 24.8 Å². The summed E-state index contributed by atoms with van der Waals surface area (Å²) in [7, 11) is 0. The molecule has 0 aromatic heterocycles. The molecule has 3 rings (SSSR count). The lowest BCUT2D eigenvalue weighted by Gasteiger charge is -2.26. The monoisotopic (exact) mass is 354 g/mol. The molecule has 0 bridgehead atoms. The lowest BCUT2D eigenvalue weighted by atomic mass is 9.95. The van der Waals surface area contributed by atoms with Crippen molar-refractivity contribution in [1.82, 2.24) is 10.6 Å². The zero-order valence-electron chi connectivity index (χ0n) is 13.6. The van der Waals surface area contributed by atoms with Crippen molar-refractivity contribution in [2.45, 2.75) is 31.3 Å². The van der Waals surface area contributed by atoms with Crippen LogP contribution in [0.3, 0.4) is 0 Å². The van der Waals surface area contributed by atoms with E-state index in [1.807, 2.05) is 0 Å². The molecule has 2 aliphatic heterocycles. The topological polar surface area (TPSA) is 79.8 Å². The highest BCUT2D eigenvalue weighted by Crippen LogP contribution is 2.35. The number of hydrogen-bond donors (Lipinski definition) is 3. The number of nitrogens with one attached hydrogen (secondary N) is 2. The van der Waals surface area contributed by atoms with Gasteiger partial charge in [-0.1, -0.05) is 11.6 Å². The Hall–Kier alpha value is -1.50. The van der Waals surface area contributed by atoms with Gasteiger partial charge in [0.25, 0.3) is 0 Å². The minimum absolute atomic E-state index is 0.143. The Morgan fingerprint density at radius 1 is 1.25 bits per heavy atom. The molecule has 0 spiro atoms. The van der Waals surface area contributed by atoms with Gasteiger partial charge in [0.15, 0.2) is 11.5 Å². The molecule has 1 fully saturated rings. The standard InChI is InChI=1S/C17H23ClN2O4/c18-13-10-15-14(23-6-7-24-15)8-12(13)9-16(21)20-11-17(22)2-1-4-19-5-3-17/h8,10,19,22H,1-7,9,11H2,(H,20,21). The Labute approximate surface area is 146 Å². The number of rotatable bonds is 4. The molecule has 0 saturated carbocycles. The minimum Gasteiger partial charge on any atom is -0.486 e. The fourth-order valence-electron chi connectivity index (χ4n) is 3.03. The molecule has 1 atom stereocenters. The Morgan fingerprint density at radius 2 is 2.00 bits per heavy atom. The Balaban J connectivity index is 1.58. The van der Waals surface area contributed by atoms with E-state index in [9.17, 15) is 9.90 Å². The lowest BCUT2D eigenvalue weighted by molar-refractivity contribution is -0.121. The maximum absolute atomic E-state index is 12.2. The van der Waals surface area contributed by atoms with Crippen molar-refractivity contribution in [3.63, 3.8) is 0 Å². The summed E-state index contributed by atoms with van der Waals surface area (Å²) in [6, 6.07) is 3.43. The lowest BCUT2D eigenvalue weighted by Crippen LogP contribution is -2.43. The molecule has 0 aliphatic carbocycles. The van der Waals surface area contributed by atoms with Gasteiger partial charge in [0.2, 0.25) is 5.91 Å². The minimum atomic E-state index is -0.838. The highest BCUT2D eigenvalue weighted by Gasteiger charge is 2.28. The number of halogens is 1. The molecule has 7 heteroatoms. The second kappa shape index (κ2) is 7.59. The third-order valence-electron chi connectivity index (χ3n) is 4.44. The van der Waals surface area contributed by atoms with E-state index < -0.39 is 5.60 Å². The number of amides is 1. The van der Waals surface area contributed by atoms with E-state index >= 15 is 0 Å². The predicted octanol–water partition coefficient (Wildman–Crippen LogP) is 1.27. The summed E-state index contributed by atoms with van der Waals surface area (Å²) in [6.07, 6.45) is 2.37. The first-order valence-electron chi connectivity index (χ1n) is 8.34. The quantitative estimate of drug-likeness (QED) is 0.759. The van der Waals surface area contributed by atoms with Gasteiger partial charge in [0.05, 0.1) is 12.0 Å². The number of hydrogen-bond acceptors (Lipinski definition) is 5. The van der Waals surface area contributed by atoms with Crippen LogP contribution in [-0.4, -0.2) is 49.5 Å². The molecule has 1 amide bonds. The van der Waals surface area contributed by atoms with Crippen LogP contribution in [-0.2, 0) is 11.2 Å². The Morgan fingerprint density at radius 3 is 2.79 bits per heavy atom. The van der Waals surface area contributed by atoms with Crippen LogP contribution in [0, 0.1) is 0 Å². The third kappa shape index (κ3) is 4.32. The summed E-state index contributed by atoms with van der Waals surface area (Å²) >= 11 is 6.23. The molecule has 2 heterocycles. The summed E-state index contributed by atoms with van der Waals surface area (Å²) < 4.78 is 11.0. The summed E-state index contributed by atoms with van der Waals surface area (Å²) in [5.41, 5.74) is -0.150. The smallest absolute Gasteiger partial charge is 0.224 e. The van der Waals surface area contributed by atoms with Gasteiger partial charge in [-0.05, 0) is 44.0 Å². The SMILES string of the molecule is O=C(Cc1cc2c(cc1Cl)OCCO2)NCC1(O)CCCNCC1. The van der Waals surface area contributed by atoms with Crippen LogP contribution in [0.5, 0.6) is 11.5 Å². The summed E-state index contributed by atoms with van der Waals surface area (Å²) in [4.78, 5) is 12.2. The van der Waals surface area contributed by atoms with Crippen LogP contribution in [0.4, 0.5) is 0 Å². The molecule has 1 aromatic carbocycles. The molecule has 6 nitrogen and oxygen atoms in total. The number of carbonyl (C=O) groups excluding carboxylic acids is 1. The van der Waals surface area contributed by atoms with Crippen LogP contribution in [0.2, 0.25) is 5.02 Å². The van der Waals surface area contributed by atoms with Gasteiger partial charge >= 0.3 is 0 Å². The first-order chi connectivity index (χ1) is 11.6. The summed E-state index contributed by atoms with van der Waals surface area (Å²) in [6.45, 7) is 2.91. The van der Waals surface area contributed by atoms with Crippen molar-refractivity contribution in [2.75, 3.05) is 32.8 Å². The Kier molecular flexibility index (Phi) is 5.48. The maximum atomic E-state index is 12.2. The number of ether oxygens (including phenoxy) is 2. The average Bonchev–Trinajstić information content (AvgIpc) is 2.79. The van der Waals surface area contributed by atoms with Gasteiger partial charge in [-0.3, -0.25) is 4.79 Å². The second-order valence-electron chi connectivity index (χ2n) is 6.37. The van der Waals surface area contributed by atoms with E-state index in [1.54, 1.807) is 12.1 Å². The molecule has 0 radical (unpaired) electrons. The molecule has 3 N–H and O–H groups in total. The van der Waals surface area contributed by atoms with Gasteiger partial charge in [0.1, 0.15) is 13.2 Å². The predicted molar refractivity (Wildman–Crippen MR) is 90.8 cm³/mol. The van der Waals surface area contributed by atoms with Crippen LogP contribution >= 0.6 is 11.6 Å². The average molecular weight is 355 g/mol. The first-order valence-corrected chi connectivity index (χ1v) is 8.71. The van der Waals surface area contributed by atoms with Gasteiger partial charge in [-0.15, -0.1) is 0 Å². The summed E-state index contributed by atoms with van der Waals surface area (Å²) in [5.74, 6) is 1.05. The third-order valence-corrected chi connectivity index (χ3v) is 4.79. The van der Waals surface area contributed by atoms with Gasteiger partial charge < -0.3 is 25.2 Å². The van der Waals surface area contributed by atoms with Crippen molar-refractivity contribution in [3.8, 4) is 11.5 Å². The van der Waals surface area contributed by atoms with Crippen molar-refractivity contribution in [1.29, 1.82) is 0 Å². The molecule has 1 aromatic rings. The van der Waals surface area contributed by atoms with E-state index in [-0.39, 0.29) is 18.9 Å². The van der Waals surface area contributed by atoms with Gasteiger partial charge in [-0.25, -0.2) is 0 Å². The zero-order chi connectivity index (χ0) is 17.0. The number of aliphatic hydroxyl groups is 1. The van der Waals surface area contributed by atoms with E-state index in [2.05, 4.69) is 10.6 Å². The van der Waals surface area contributed by atoms with Crippen molar-refractivity contribution >= 4 is 17.5 Å². The van der Waals surface area contributed by atoms with E-state index in [1.165, 1.54) is 0 Å². The van der Waals surface area contributed by atoms with E-state index in [4.69, 9.17) is 21.1 Å². The first kappa shape index (κ1) is 17.3. The van der Waals surface area contributed by atoms with Crippen LogP contribution < -0.4 is 20.1 Å². The molecular weight excluding hydrogens is 332 g/mol.